The van der Waals surface area contributed by atoms with Crippen molar-refractivity contribution in [3.05, 3.63) is 0 Å². The summed E-state index contributed by atoms with van der Waals surface area (Å²) in [5.41, 5.74) is 0. The number of nitrogens with zero attached hydrogens (tertiary/aromatic N) is 1. The van der Waals surface area contributed by atoms with E-state index >= 15 is 0 Å². The molecule has 0 aromatic heterocycles. The zero-order chi connectivity index (χ0) is 11.3. The number of amides is 1. The van der Waals surface area contributed by atoms with Crippen LogP contribution in [0.4, 0.5) is 0 Å². The summed E-state index contributed by atoms with van der Waals surface area (Å²) in [6.07, 6.45) is 1.18. The van der Waals surface area contributed by atoms with Gasteiger partial charge in [0.05, 0.1) is 6.07 Å². The van der Waals surface area contributed by atoms with E-state index in [0.717, 1.165) is 12.3 Å². The van der Waals surface area contributed by atoms with E-state index < -0.39 is 5.92 Å². The minimum atomic E-state index is -0.501. The summed E-state index contributed by atoms with van der Waals surface area (Å²) in [5, 5.41) is 11.7. The lowest BCUT2D eigenvalue weighted by atomic mass is 9.96. The van der Waals surface area contributed by atoms with Crippen molar-refractivity contribution >= 4 is 17.7 Å². The van der Waals surface area contributed by atoms with Gasteiger partial charge in [-0.05, 0) is 29.8 Å². The molecule has 2 atom stereocenters. The molecule has 0 aromatic rings. The summed E-state index contributed by atoms with van der Waals surface area (Å²) >= 11 is 1.94. The Labute approximate surface area is 95.6 Å². The van der Waals surface area contributed by atoms with E-state index in [2.05, 4.69) is 11.4 Å². The van der Waals surface area contributed by atoms with Crippen molar-refractivity contribution in [3.63, 3.8) is 0 Å². The Hall–Kier alpha value is -0.690. The Morgan fingerprint density at radius 3 is 2.87 bits per heavy atom. The molecule has 2 unspecified atom stereocenters. The largest absolute Gasteiger partial charge is 0.355 e. The predicted octanol–water partition coefficient (Wildman–Crippen LogP) is 1.65. The fraction of sp³-hybridized carbons (Fsp3) is 0.818. The van der Waals surface area contributed by atoms with Crippen LogP contribution in [0.15, 0.2) is 0 Å². The van der Waals surface area contributed by atoms with Crippen molar-refractivity contribution < 1.29 is 4.79 Å². The minimum Gasteiger partial charge on any atom is -0.355 e. The van der Waals surface area contributed by atoms with E-state index in [1.54, 1.807) is 0 Å². The van der Waals surface area contributed by atoms with E-state index in [-0.39, 0.29) is 11.8 Å². The van der Waals surface area contributed by atoms with Gasteiger partial charge in [-0.15, -0.1) is 0 Å². The lowest BCUT2D eigenvalue weighted by Crippen LogP contribution is -2.36. The smallest absolute Gasteiger partial charge is 0.237 e. The normalized spacial score (nSPS) is 22.4. The fourth-order valence-corrected chi connectivity index (χ4v) is 2.89. The summed E-state index contributed by atoms with van der Waals surface area (Å²) < 4.78 is 0. The van der Waals surface area contributed by atoms with Crippen molar-refractivity contribution in [1.29, 1.82) is 5.26 Å². The average Bonchev–Trinajstić information content (AvgIpc) is 2.67. The molecule has 15 heavy (non-hydrogen) atoms. The molecular weight excluding hydrogens is 208 g/mol. The molecular formula is C11H18N2OS. The molecule has 0 spiro atoms. The zero-order valence-electron chi connectivity index (χ0n) is 9.32. The standard InChI is InChI=1S/C11H18N2OS/c1-8(2)10(5-12)11(14)13-6-9-3-4-15-7-9/h8-10H,3-4,6-7H2,1-2H3,(H,13,14). The van der Waals surface area contributed by atoms with Gasteiger partial charge in [0.25, 0.3) is 0 Å². The molecule has 1 aliphatic heterocycles. The topological polar surface area (TPSA) is 52.9 Å². The molecule has 1 N–H and O–H groups in total. The molecule has 1 fully saturated rings. The molecule has 0 radical (unpaired) electrons. The maximum absolute atomic E-state index is 11.6. The second kappa shape index (κ2) is 6.02. The number of nitriles is 1. The van der Waals surface area contributed by atoms with Crippen LogP contribution in [0.2, 0.25) is 0 Å². The molecule has 0 aliphatic carbocycles. The number of rotatable bonds is 4. The van der Waals surface area contributed by atoms with Gasteiger partial charge >= 0.3 is 0 Å². The fourth-order valence-electron chi connectivity index (χ4n) is 1.61. The second-order valence-corrected chi connectivity index (χ2v) is 5.48. The van der Waals surface area contributed by atoms with Crippen LogP contribution in [0.1, 0.15) is 20.3 Å². The number of nitrogens with one attached hydrogen (secondary N) is 1. The first kappa shape index (κ1) is 12.4. The summed E-state index contributed by atoms with van der Waals surface area (Å²) in [5.74, 6) is 2.42. The quantitative estimate of drug-likeness (QED) is 0.793. The van der Waals surface area contributed by atoms with Crippen LogP contribution in [0, 0.1) is 29.1 Å². The van der Waals surface area contributed by atoms with Crippen molar-refractivity contribution in [1.82, 2.24) is 5.32 Å². The lowest BCUT2D eigenvalue weighted by Gasteiger charge is -2.15. The monoisotopic (exact) mass is 226 g/mol. The highest BCUT2D eigenvalue weighted by atomic mass is 32.2. The van der Waals surface area contributed by atoms with Crippen LogP contribution in [-0.2, 0) is 4.79 Å². The Balaban J connectivity index is 2.31. The third kappa shape index (κ3) is 3.75. The summed E-state index contributed by atoms with van der Waals surface area (Å²) in [4.78, 5) is 11.6. The Bertz CT molecular complexity index is 254. The van der Waals surface area contributed by atoms with E-state index in [9.17, 15) is 4.79 Å². The number of thioether (sulfide) groups is 1. The highest BCUT2D eigenvalue weighted by Crippen LogP contribution is 2.22. The molecule has 0 bridgehead atoms. The second-order valence-electron chi connectivity index (χ2n) is 4.33. The Morgan fingerprint density at radius 2 is 2.40 bits per heavy atom. The summed E-state index contributed by atoms with van der Waals surface area (Å²) in [6, 6.07) is 2.06. The summed E-state index contributed by atoms with van der Waals surface area (Å²) in [6.45, 7) is 4.54. The van der Waals surface area contributed by atoms with Crippen molar-refractivity contribution in [3.8, 4) is 6.07 Å². The van der Waals surface area contributed by atoms with Crippen LogP contribution < -0.4 is 5.32 Å². The van der Waals surface area contributed by atoms with Gasteiger partial charge in [-0.25, -0.2) is 0 Å². The van der Waals surface area contributed by atoms with Crippen LogP contribution in [0.5, 0.6) is 0 Å². The maximum Gasteiger partial charge on any atom is 0.237 e. The van der Waals surface area contributed by atoms with E-state index in [1.165, 1.54) is 12.2 Å². The van der Waals surface area contributed by atoms with E-state index in [1.807, 2.05) is 25.6 Å². The number of hydrogen-bond acceptors (Lipinski definition) is 3. The van der Waals surface area contributed by atoms with Gasteiger partial charge in [-0.1, -0.05) is 13.8 Å². The van der Waals surface area contributed by atoms with Crippen molar-refractivity contribution in [2.45, 2.75) is 20.3 Å². The molecule has 1 aliphatic rings. The number of carbonyl (C=O) groups excluding carboxylic acids is 1. The molecule has 1 saturated heterocycles. The molecule has 0 saturated carbocycles. The summed E-state index contributed by atoms with van der Waals surface area (Å²) in [7, 11) is 0. The van der Waals surface area contributed by atoms with Gasteiger partial charge in [0.1, 0.15) is 5.92 Å². The molecule has 1 amide bonds. The van der Waals surface area contributed by atoms with Crippen LogP contribution in [-0.4, -0.2) is 24.0 Å². The highest BCUT2D eigenvalue weighted by Gasteiger charge is 2.23. The third-order valence-corrected chi connectivity index (χ3v) is 3.91. The van der Waals surface area contributed by atoms with Gasteiger partial charge in [0.2, 0.25) is 5.91 Å². The Kier molecular flexibility index (Phi) is 4.97. The third-order valence-electron chi connectivity index (χ3n) is 2.68. The molecule has 4 heteroatoms. The van der Waals surface area contributed by atoms with Crippen LogP contribution in [0.3, 0.4) is 0 Å². The van der Waals surface area contributed by atoms with Gasteiger partial charge in [-0.3, -0.25) is 4.79 Å². The highest BCUT2D eigenvalue weighted by molar-refractivity contribution is 7.99. The maximum atomic E-state index is 11.6. The van der Waals surface area contributed by atoms with Crippen molar-refractivity contribution in [2.75, 3.05) is 18.1 Å². The van der Waals surface area contributed by atoms with Gasteiger partial charge < -0.3 is 5.32 Å². The Morgan fingerprint density at radius 1 is 1.67 bits per heavy atom. The van der Waals surface area contributed by atoms with Gasteiger partial charge in [0, 0.05) is 6.54 Å². The van der Waals surface area contributed by atoms with Crippen LogP contribution >= 0.6 is 11.8 Å². The first-order chi connectivity index (χ1) is 7.15. The number of carbonyl (C=O) groups is 1. The van der Waals surface area contributed by atoms with Gasteiger partial charge in [0.15, 0.2) is 0 Å². The molecule has 0 aromatic carbocycles. The predicted molar refractivity (Wildman–Crippen MR) is 62.4 cm³/mol. The van der Waals surface area contributed by atoms with Crippen LogP contribution in [0.25, 0.3) is 0 Å². The molecule has 84 valence electrons. The lowest BCUT2D eigenvalue weighted by molar-refractivity contribution is -0.124. The van der Waals surface area contributed by atoms with E-state index in [0.29, 0.717) is 5.92 Å². The molecule has 1 heterocycles. The van der Waals surface area contributed by atoms with Gasteiger partial charge in [-0.2, -0.15) is 17.0 Å². The first-order valence-corrected chi connectivity index (χ1v) is 6.55. The van der Waals surface area contributed by atoms with E-state index in [4.69, 9.17) is 5.26 Å². The molecule has 3 nitrogen and oxygen atoms in total. The zero-order valence-corrected chi connectivity index (χ0v) is 10.1. The first-order valence-electron chi connectivity index (χ1n) is 5.40. The van der Waals surface area contributed by atoms with Crippen molar-refractivity contribution in [2.24, 2.45) is 17.8 Å². The minimum absolute atomic E-state index is 0.0907. The SMILES string of the molecule is CC(C)C(C#N)C(=O)NCC1CCSC1. The average molecular weight is 226 g/mol. The number of hydrogen-bond donors (Lipinski definition) is 1. The molecule has 1 rings (SSSR count).